The third kappa shape index (κ3) is 6.64. The van der Waals surface area contributed by atoms with Gasteiger partial charge in [0.05, 0.1) is 12.1 Å². The Morgan fingerprint density at radius 3 is 2.59 bits per heavy atom. The molecule has 142 valence electrons. The van der Waals surface area contributed by atoms with Crippen molar-refractivity contribution in [3.8, 4) is 0 Å². The first-order valence-corrected chi connectivity index (χ1v) is 10.3. The first-order chi connectivity index (χ1) is 13.2. The molecule has 6 heteroatoms. The lowest BCUT2D eigenvalue weighted by Crippen LogP contribution is -2.35. The molecule has 0 spiro atoms. The van der Waals surface area contributed by atoms with Crippen molar-refractivity contribution in [2.75, 3.05) is 5.32 Å². The number of benzene rings is 1. The molecular weight excluding hydrogens is 358 g/mol. The second kappa shape index (κ2) is 10.0. The van der Waals surface area contributed by atoms with Crippen molar-refractivity contribution in [2.45, 2.75) is 51.0 Å². The van der Waals surface area contributed by atoms with Gasteiger partial charge in [0, 0.05) is 17.5 Å². The zero-order valence-corrected chi connectivity index (χ0v) is 16.1. The van der Waals surface area contributed by atoms with Crippen LogP contribution in [0.25, 0.3) is 6.08 Å². The summed E-state index contributed by atoms with van der Waals surface area (Å²) in [6.45, 7) is 0. The minimum absolute atomic E-state index is 0.00838. The van der Waals surface area contributed by atoms with E-state index in [4.69, 9.17) is 0 Å². The Morgan fingerprint density at radius 1 is 1.11 bits per heavy atom. The molecule has 0 atom stereocenters. The van der Waals surface area contributed by atoms with E-state index in [0.29, 0.717) is 16.9 Å². The van der Waals surface area contributed by atoms with Crippen LogP contribution in [0.15, 0.2) is 41.8 Å². The Hall–Kier alpha value is -2.47. The van der Waals surface area contributed by atoms with E-state index >= 15 is 0 Å². The summed E-state index contributed by atoms with van der Waals surface area (Å²) in [5.41, 5.74) is 1.65. The van der Waals surface area contributed by atoms with Gasteiger partial charge >= 0.3 is 0 Å². The third-order valence-corrected chi connectivity index (χ3v) is 5.38. The predicted molar refractivity (Wildman–Crippen MR) is 110 cm³/mol. The largest absolute Gasteiger partial charge is 0.353 e. The number of thiazole rings is 1. The molecule has 0 bridgehead atoms. The van der Waals surface area contributed by atoms with E-state index in [1.54, 1.807) is 6.08 Å². The Labute approximate surface area is 163 Å². The highest BCUT2D eigenvalue weighted by Crippen LogP contribution is 2.18. The fraction of sp³-hybridized carbons (Fsp3) is 0.381. The molecule has 0 saturated heterocycles. The zero-order valence-electron chi connectivity index (χ0n) is 15.3. The second-order valence-electron chi connectivity index (χ2n) is 6.81. The van der Waals surface area contributed by atoms with Gasteiger partial charge in [0.25, 0.3) is 0 Å². The SMILES string of the molecule is O=C(/C=C/c1ccccc1)Nc1nc(CC(=O)NC2CCCCCC2)cs1. The first kappa shape index (κ1) is 19.3. The van der Waals surface area contributed by atoms with Crippen LogP contribution in [0.1, 0.15) is 49.8 Å². The molecule has 0 radical (unpaired) electrons. The van der Waals surface area contributed by atoms with Crippen molar-refractivity contribution in [2.24, 2.45) is 0 Å². The van der Waals surface area contributed by atoms with Gasteiger partial charge in [-0.2, -0.15) is 0 Å². The summed E-state index contributed by atoms with van der Waals surface area (Å²) in [6, 6.07) is 9.92. The van der Waals surface area contributed by atoms with Gasteiger partial charge in [0.1, 0.15) is 0 Å². The molecule has 1 aliphatic carbocycles. The monoisotopic (exact) mass is 383 g/mol. The van der Waals surface area contributed by atoms with Crippen LogP contribution in [0.5, 0.6) is 0 Å². The molecule has 0 unspecified atom stereocenters. The van der Waals surface area contributed by atoms with Gasteiger partial charge in [-0.3, -0.25) is 14.9 Å². The fourth-order valence-electron chi connectivity index (χ4n) is 3.20. The summed E-state index contributed by atoms with van der Waals surface area (Å²) in [5, 5.41) is 8.20. The van der Waals surface area contributed by atoms with E-state index in [1.165, 1.54) is 43.1 Å². The van der Waals surface area contributed by atoms with E-state index in [0.717, 1.165) is 18.4 Å². The van der Waals surface area contributed by atoms with Gasteiger partial charge in [-0.1, -0.05) is 56.0 Å². The summed E-state index contributed by atoms with van der Waals surface area (Å²) >= 11 is 1.33. The van der Waals surface area contributed by atoms with Crippen molar-refractivity contribution in [3.05, 3.63) is 53.0 Å². The van der Waals surface area contributed by atoms with E-state index in [9.17, 15) is 9.59 Å². The molecule has 1 aliphatic rings. The number of nitrogens with zero attached hydrogens (tertiary/aromatic N) is 1. The normalized spacial score (nSPS) is 15.4. The van der Waals surface area contributed by atoms with Gasteiger partial charge in [0.15, 0.2) is 5.13 Å². The standard InChI is InChI=1S/C21H25N3O2S/c25-19(13-12-16-8-4-3-5-9-16)24-21-23-18(15-27-21)14-20(26)22-17-10-6-1-2-7-11-17/h3-5,8-9,12-13,15,17H,1-2,6-7,10-11,14H2,(H,22,26)(H,23,24,25)/b13-12+. The van der Waals surface area contributed by atoms with Crippen molar-refractivity contribution >= 4 is 34.4 Å². The van der Waals surface area contributed by atoms with Crippen molar-refractivity contribution in [1.82, 2.24) is 10.3 Å². The van der Waals surface area contributed by atoms with Crippen LogP contribution in [-0.2, 0) is 16.0 Å². The van der Waals surface area contributed by atoms with Crippen LogP contribution in [0.3, 0.4) is 0 Å². The molecule has 1 heterocycles. The minimum Gasteiger partial charge on any atom is -0.353 e. The summed E-state index contributed by atoms with van der Waals surface area (Å²) < 4.78 is 0. The van der Waals surface area contributed by atoms with Crippen LogP contribution in [0.4, 0.5) is 5.13 Å². The number of amides is 2. The third-order valence-electron chi connectivity index (χ3n) is 4.57. The smallest absolute Gasteiger partial charge is 0.250 e. The van der Waals surface area contributed by atoms with Gasteiger partial charge < -0.3 is 5.32 Å². The zero-order chi connectivity index (χ0) is 18.9. The highest BCUT2D eigenvalue weighted by Gasteiger charge is 2.16. The summed E-state index contributed by atoms with van der Waals surface area (Å²) in [4.78, 5) is 28.6. The molecule has 27 heavy (non-hydrogen) atoms. The molecule has 1 saturated carbocycles. The molecule has 1 fully saturated rings. The van der Waals surface area contributed by atoms with E-state index in [2.05, 4.69) is 15.6 Å². The number of hydrogen-bond donors (Lipinski definition) is 2. The van der Waals surface area contributed by atoms with E-state index in [1.807, 2.05) is 35.7 Å². The van der Waals surface area contributed by atoms with Crippen LogP contribution in [0, 0.1) is 0 Å². The Balaban J connectivity index is 1.46. The van der Waals surface area contributed by atoms with E-state index in [-0.39, 0.29) is 18.2 Å². The number of rotatable bonds is 6. The Kier molecular flexibility index (Phi) is 7.16. The van der Waals surface area contributed by atoms with Crippen molar-refractivity contribution in [3.63, 3.8) is 0 Å². The fourth-order valence-corrected chi connectivity index (χ4v) is 3.91. The minimum atomic E-state index is -0.234. The van der Waals surface area contributed by atoms with Gasteiger partial charge in [-0.15, -0.1) is 11.3 Å². The van der Waals surface area contributed by atoms with Crippen molar-refractivity contribution in [1.29, 1.82) is 0 Å². The van der Waals surface area contributed by atoms with Gasteiger partial charge in [-0.05, 0) is 24.5 Å². The molecule has 1 aromatic heterocycles. The number of hydrogen-bond acceptors (Lipinski definition) is 4. The Morgan fingerprint density at radius 2 is 1.85 bits per heavy atom. The number of nitrogens with one attached hydrogen (secondary N) is 2. The highest BCUT2D eigenvalue weighted by atomic mass is 32.1. The quantitative estimate of drug-likeness (QED) is 0.581. The lowest BCUT2D eigenvalue weighted by molar-refractivity contribution is -0.121. The second-order valence-corrected chi connectivity index (χ2v) is 7.67. The number of aromatic nitrogens is 1. The summed E-state index contributed by atoms with van der Waals surface area (Å²) in [7, 11) is 0. The van der Waals surface area contributed by atoms with Crippen LogP contribution in [-0.4, -0.2) is 22.8 Å². The Bertz CT molecular complexity index is 778. The summed E-state index contributed by atoms with van der Waals surface area (Å²) in [6.07, 6.45) is 10.5. The number of carbonyl (C=O) groups excluding carboxylic acids is 2. The summed E-state index contributed by atoms with van der Waals surface area (Å²) in [5.74, 6) is -0.225. The van der Waals surface area contributed by atoms with Crippen LogP contribution < -0.4 is 10.6 Å². The molecule has 2 N–H and O–H groups in total. The van der Waals surface area contributed by atoms with Crippen molar-refractivity contribution < 1.29 is 9.59 Å². The topological polar surface area (TPSA) is 71.1 Å². The maximum Gasteiger partial charge on any atom is 0.250 e. The average Bonchev–Trinajstić information content (AvgIpc) is 2.93. The average molecular weight is 384 g/mol. The molecular formula is C21H25N3O2S. The molecule has 3 rings (SSSR count). The lowest BCUT2D eigenvalue weighted by atomic mass is 10.1. The molecule has 0 aliphatic heterocycles. The van der Waals surface area contributed by atoms with E-state index < -0.39 is 0 Å². The lowest BCUT2D eigenvalue weighted by Gasteiger charge is -2.15. The van der Waals surface area contributed by atoms with Crippen LogP contribution >= 0.6 is 11.3 Å². The molecule has 2 aromatic rings. The highest BCUT2D eigenvalue weighted by molar-refractivity contribution is 7.14. The first-order valence-electron chi connectivity index (χ1n) is 9.47. The molecule has 2 amide bonds. The predicted octanol–water partition coefficient (Wildman–Crippen LogP) is 4.18. The van der Waals surface area contributed by atoms with Gasteiger partial charge in [0.2, 0.25) is 11.8 Å². The molecule has 5 nitrogen and oxygen atoms in total. The molecule has 1 aromatic carbocycles. The maximum atomic E-state index is 12.2. The number of anilines is 1. The maximum absolute atomic E-state index is 12.2. The number of carbonyl (C=O) groups is 2. The van der Waals surface area contributed by atoms with Crippen LogP contribution in [0.2, 0.25) is 0 Å². The van der Waals surface area contributed by atoms with Gasteiger partial charge in [-0.25, -0.2) is 4.98 Å².